The molecule has 0 bridgehead atoms. The minimum atomic E-state index is -0.947. The Balaban J connectivity index is 1.43. The molecule has 32 heavy (non-hydrogen) atoms. The van der Waals surface area contributed by atoms with Gasteiger partial charge < -0.3 is 20.7 Å². The van der Waals surface area contributed by atoms with Gasteiger partial charge in [-0.05, 0) is 63.1 Å². The number of nitrogens with zero attached hydrogens (tertiary/aromatic N) is 5. The lowest BCUT2D eigenvalue weighted by atomic mass is 10.1. The van der Waals surface area contributed by atoms with E-state index >= 15 is 0 Å². The summed E-state index contributed by atoms with van der Waals surface area (Å²) in [7, 11) is 0. The maximum absolute atomic E-state index is 12.2. The first-order valence-corrected chi connectivity index (χ1v) is 10.1. The van der Waals surface area contributed by atoms with E-state index in [0.717, 1.165) is 16.8 Å². The normalized spacial score (nSPS) is 14.4. The summed E-state index contributed by atoms with van der Waals surface area (Å²) in [6.07, 6.45) is 3.34. The Bertz CT molecular complexity index is 1340. The molecule has 1 aliphatic rings. The number of carbonyl (C=O) groups excluding carboxylic acids is 1. The second-order valence-corrected chi connectivity index (χ2v) is 8.22. The summed E-state index contributed by atoms with van der Waals surface area (Å²) in [5.41, 5.74) is 2.80. The zero-order valence-electron chi connectivity index (χ0n) is 18.1. The third kappa shape index (κ3) is 3.66. The fourth-order valence-electron chi connectivity index (χ4n) is 3.52. The van der Waals surface area contributed by atoms with Gasteiger partial charge in [-0.1, -0.05) is 6.07 Å². The van der Waals surface area contributed by atoms with Crippen molar-refractivity contribution in [3.63, 3.8) is 0 Å². The van der Waals surface area contributed by atoms with Crippen LogP contribution in [0.5, 0.6) is 5.75 Å². The van der Waals surface area contributed by atoms with Crippen LogP contribution in [0.3, 0.4) is 0 Å². The second kappa shape index (κ2) is 7.19. The fourth-order valence-corrected chi connectivity index (χ4v) is 3.52. The summed E-state index contributed by atoms with van der Waals surface area (Å²) in [5, 5.41) is 13.6. The summed E-state index contributed by atoms with van der Waals surface area (Å²) in [5.74, 6) is 2.02. The van der Waals surface area contributed by atoms with E-state index in [1.807, 2.05) is 26.0 Å². The molecule has 0 unspecified atom stereocenters. The number of amides is 1. The van der Waals surface area contributed by atoms with E-state index in [-0.39, 0.29) is 5.91 Å². The molecule has 10 nitrogen and oxygen atoms in total. The average molecular weight is 430 g/mol. The van der Waals surface area contributed by atoms with Crippen molar-refractivity contribution >= 4 is 40.6 Å². The number of rotatable bonds is 4. The third-order valence-corrected chi connectivity index (χ3v) is 4.98. The Hall–Kier alpha value is -4.21. The predicted molar refractivity (Wildman–Crippen MR) is 121 cm³/mol. The van der Waals surface area contributed by atoms with Gasteiger partial charge in [0.05, 0.1) is 0 Å². The largest absolute Gasteiger partial charge is 0.474 e. The lowest BCUT2D eigenvalue weighted by Gasteiger charge is -2.30. The van der Waals surface area contributed by atoms with E-state index in [9.17, 15) is 4.79 Å². The molecule has 0 saturated carbocycles. The lowest BCUT2D eigenvalue weighted by molar-refractivity contribution is -0.129. The number of anilines is 5. The number of hydrogen-bond acceptors (Lipinski definition) is 8. The van der Waals surface area contributed by atoms with Crippen LogP contribution in [0.15, 0.2) is 42.7 Å². The molecule has 0 saturated heterocycles. The number of carbonyl (C=O) groups is 1. The van der Waals surface area contributed by atoms with Gasteiger partial charge in [0.15, 0.2) is 23.0 Å². The van der Waals surface area contributed by atoms with Gasteiger partial charge in [-0.3, -0.25) is 4.79 Å². The first-order valence-electron chi connectivity index (χ1n) is 10.1. The summed E-state index contributed by atoms with van der Waals surface area (Å²) < 4.78 is 7.36. The van der Waals surface area contributed by atoms with E-state index < -0.39 is 5.60 Å². The SMILES string of the molecule is Cc1cc(C)cc(Nc2nc3c(Nc4ccc5c(n4)NC(=O)C(C)(C)O5)nccn3n2)c1. The van der Waals surface area contributed by atoms with Crippen molar-refractivity contribution in [3.05, 3.63) is 53.9 Å². The van der Waals surface area contributed by atoms with Crippen molar-refractivity contribution in [2.45, 2.75) is 33.3 Å². The summed E-state index contributed by atoms with van der Waals surface area (Å²) in [6.45, 7) is 7.50. The van der Waals surface area contributed by atoms with Crippen LogP contribution in [0.4, 0.5) is 29.1 Å². The Labute approximate surface area is 184 Å². The molecule has 0 radical (unpaired) electrons. The first kappa shape index (κ1) is 19.7. The van der Waals surface area contributed by atoms with Gasteiger partial charge in [0.25, 0.3) is 5.91 Å². The molecule has 0 aliphatic carbocycles. The highest BCUT2D eigenvalue weighted by Gasteiger charge is 2.36. The number of hydrogen-bond donors (Lipinski definition) is 3. The molecule has 5 rings (SSSR count). The van der Waals surface area contributed by atoms with E-state index in [1.165, 1.54) is 0 Å². The molecule has 3 N–H and O–H groups in total. The van der Waals surface area contributed by atoms with Crippen molar-refractivity contribution in [1.29, 1.82) is 0 Å². The maximum Gasteiger partial charge on any atom is 0.269 e. The van der Waals surface area contributed by atoms with Gasteiger partial charge in [-0.2, -0.15) is 4.98 Å². The standard InChI is InChI=1S/C22H22N8O2/c1-12-9-13(2)11-14(10-12)24-21-28-19-18(23-7-8-30(19)29-21)26-16-6-5-15-17(25-16)27-20(31)22(3,4)32-15/h5-11H,1-4H3,(H,24,29)(H2,23,25,26,27,31). The quantitative estimate of drug-likeness (QED) is 0.448. The maximum atomic E-state index is 12.2. The van der Waals surface area contributed by atoms with E-state index in [4.69, 9.17) is 4.74 Å². The monoisotopic (exact) mass is 430 g/mol. The van der Waals surface area contributed by atoms with E-state index in [2.05, 4.69) is 42.1 Å². The third-order valence-electron chi connectivity index (χ3n) is 4.98. The first-order chi connectivity index (χ1) is 15.3. The second-order valence-electron chi connectivity index (χ2n) is 8.22. The zero-order chi connectivity index (χ0) is 22.5. The minimum Gasteiger partial charge on any atom is -0.474 e. The van der Waals surface area contributed by atoms with Crippen molar-refractivity contribution in [3.8, 4) is 5.75 Å². The average Bonchev–Trinajstić information content (AvgIpc) is 3.11. The molecule has 162 valence electrons. The Morgan fingerprint density at radius 3 is 2.62 bits per heavy atom. The lowest BCUT2D eigenvalue weighted by Crippen LogP contribution is -2.46. The van der Waals surface area contributed by atoms with Crippen LogP contribution < -0.4 is 20.7 Å². The number of aryl methyl sites for hydroxylation is 2. The predicted octanol–water partition coefficient (Wildman–Crippen LogP) is 3.73. The number of nitrogens with one attached hydrogen (secondary N) is 3. The van der Waals surface area contributed by atoms with Gasteiger partial charge in [0.1, 0.15) is 5.82 Å². The number of fused-ring (bicyclic) bond motifs is 2. The summed E-state index contributed by atoms with van der Waals surface area (Å²) in [6, 6.07) is 9.68. The molecular weight excluding hydrogens is 408 g/mol. The van der Waals surface area contributed by atoms with Crippen LogP contribution in [-0.4, -0.2) is 36.1 Å². The molecule has 0 fully saturated rings. The van der Waals surface area contributed by atoms with Crippen LogP contribution >= 0.6 is 0 Å². The Kier molecular flexibility index (Phi) is 4.43. The fraction of sp³-hybridized carbons (Fsp3) is 0.227. The molecule has 4 heterocycles. The summed E-state index contributed by atoms with van der Waals surface area (Å²) >= 11 is 0. The van der Waals surface area contributed by atoms with Gasteiger partial charge in [0.2, 0.25) is 11.6 Å². The van der Waals surface area contributed by atoms with Crippen LogP contribution in [0.1, 0.15) is 25.0 Å². The van der Waals surface area contributed by atoms with Gasteiger partial charge in [0, 0.05) is 18.1 Å². The molecule has 3 aromatic heterocycles. The van der Waals surface area contributed by atoms with Crippen molar-refractivity contribution in [2.75, 3.05) is 16.0 Å². The van der Waals surface area contributed by atoms with E-state index in [1.54, 1.807) is 42.9 Å². The van der Waals surface area contributed by atoms with E-state index in [0.29, 0.717) is 34.8 Å². The molecular formula is C22H22N8O2. The molecule has 4 aromatic rings. The minimum absolute atomic E-state index is 0.255. The topological polar surface area (TPSA) is 118 Å². The van der Waals surface area contributed by atoms with Crippen molar-refractivity contribution < 1.29 is 9.53 Å². The number of aromatic nitrogens is 5. The van der Waals surface area contributed by atoms with Gasteiger partial charge in [-0.25, -0.2) is 14.5 Å². The van der Waals surface area contributed by atoms with Gasteiger partial charge >= 0.3 is 0 Å². The van der Waals surface area contributed by atoms with Crippen LogP contribution in [0.25, 0.3) is 5.65 Å². The number of benzene rings is 1. The Morgan fingerprint density at radius 1 is 1.06 bits per heavy atom. The molecule has 1 amide bonds. The molecule has 1 aliphatic heterocycles. The number of pyridine rings is 1. The highest BCUT2D eigenvalue weighted by molar-refractivity contribution is 5.99. The van der Waals surface area contributed by atoms with Crippen LogP contribution in [0.2, 0.25) is 0 Å². The van der Waals surface area contributed by atoms with Crippen molar-refractivity contribution in [2.24, 2.45) is 0 Å². The Morgan fingerprint density at radius 2 is 1.84 bits per heavy atom. The molecule has 10 heteroatoms. The van der Waals surface area contributed by atoms with Crippen LogP contribution in [-0.2, 0) is 4.79 Å². The smallest absolute Gasteiger partial charge is 0.269 e. The number of ether oxygens (including phenoxy) is 1. The summed E-state index contributed by atoms with van der Waals surface area (Å²) in [4.78, 5) is 25.6. The molecule has 0 atom stereocenters. The van der Waals surface area contributed by atoms with Crippen molar-refractivity contribution in [1.82, 2.24) is 24.6 Å². The zero-order valence-corrected chi connectivity index (χ0v) is 18.1. The van der Waals surface area contributed by atoms with Gasteiger partial charge in [-0.15, -0.1) is 5.10 Å². The highest BCUT2D eigenvalue weighted by atomic mass is 16.5. The molecule has 1 aromatic carbocycles. The molecule has 0 spiro atoms. The van der Waals surface area contributed by atoms with Crippen LogP contribution in [0, 0.1) is 13.8 Å². The highest BCUT2D eigenvalue weighted by Crippen LogP contribution is 2.33.